The first-order valence-corrected chi connectivity index (χ1v) is 6.82. The molecule has 20 heavy (non-hydrogen) atoms. The van der Waals surface area contributed by atoms with E-state index in [2.05, 4.69) is 4.98 Å². The highest BCUT2D eigenvalue weighted by atomic mass is 16.5. The van der Waals surface area contributed by atoms with E-state index in [4.69, 9.17) is 4.74 Å². The van der Waals surface area contributed by atoms with E-state index in [-0.39, 0.29) is 0 Å². The lowest BCUT2D eigenvalue weighted by Gasteiger charge is -2.38. The van der Waals surface area contributed by atoms with Gasteiger partial charge in [-0.15, -0.1) is 0 Å². The number of pyridine rings is 1. The van der Waals surface area contributed by atoms with E-state index in [9.17, 15) is 9.90 Å². The van der Waals surface area contributed by atoms with Gasteiger partial charge in [-0.05, 0) is 45.2 Å². The molecule has 0 unspecified atom stereocenters. The van der Waals surface area contributed by atoms with Crippen molar-refractivity contribution in [2.24, 2.45) is 0 Å². The van der Waals surface area contributed by atoms with E-state index in [1.54, 1.807) is 0 Å². The normalized spacial score (nSPS) is 16.7. The molecule has 0 aliphatic heterocycles. The van der Waals surface area contributed by atoms with Crippen molar-refractivity contribution in [2.75, 3.05) is 0 Å². The second-order valence-corrected chi connectivity index (χ2v) is 5.42. The van der Waals surface area contributed by atoms with Crippen LogP contribution in [-0.2, 0) is 4.79 Å². The molecule has 1 saturated carbocycles. The number of rotatable bonds is 3. The molecule has 1 N–H and O–H groups in total. The standard InChI is InChI=1S/C16H17NO3/c1-10-11(2)17-13-7-4-3-6-12(13)14(10)20-16(15(18)19)8-5-9-16/h3-4,6-7H,5,8-9H2,1-2H3,(H,18,19). The van der Waals surface area contributed by atoms with E-state index >= 15 is 0 Å². The van der Waals surface area contributed by atoms with Crippen LogP contribution in [0.4, 0.5) is 0 Å². The molecule has 104 valence electrons. The second kappa shape index (κ2) is 4.47. The largest absolute Gasteiger partial charge is 0.478 e. The first-order chi connectivity index (χ1) is 9.53. The summed E-state index contributed by atoms with van der Waals surface area (Å²) in [6, 6.07) is 7.69. The van der Waals surface area contributed by atoms with Crippen molar-refractivity contribution in [1.82, 2.24) is 4.98 Å². The van der Waals surface area contributed by atoms with Crippen molar-refractivity contribution < 1.29 is 14.6 Å². The lowest BCUT2D eigenvalue weighted by atomic mass is 9.80. The first-order valence-electron chi connectivity index (χ1n) is 6.82. The van der Waals surface area contributed by atoms with Gasteiger partial charge in [-0.1, -0.05) is 12.1 Å². The Balaban J connectivity index is 2.15. The number of aliphatic carboxylic acids is 1. The number of fused-ring (bicyclic) bond motifs is 1. The van der Waals surface area contributed by atoms with E-state index in [1.807, 2.05) is 38.1 Å². The molecule has 1 aliphatic carbocycles. The van der Waals surface area contributed by atoms with Crippen LogP contribution in [0.15, 0.2) is 24.3 Å². The molecule has 1 aliphatic rings. The molecule has 0 amide bonds. The molecule has 1 fully saturated rings. The fraction of sp³-hybridized carbons (Fsp3) is 0.375. The lowest BCUT2D eigenvalue weighted by molar-refractivity contribution is -0.163. The van der Waals surface area contributed by atoms with Crippen LogP contribution in [0.5, 0.6) is 5.75 Å². The maximum atomic E-state index is 11.5. The monoisotopic (exact) mass is 271 g/mol. The minimum atomic E-state index is -1.05. The fourth-order valence-electron chi connectivity index (χ4n) is 2.58. The number of aromatic nitrogens is 1. The van der Waals surface area contributed by atoms with Gasteiger partial charge in [-0.2, -0.15) is 0 Å². The third-order valence-corrected chi connectivity index (χ3v) is 4.17. The SMILES string of the molecule is Cc1nc2ccccc2c(OC2(C(=O)O)CCC2)c1C. The molecule has 2 aromatic rings. The van der Waals surface area contributed by atoms with Crippen LogP contribution >= 0.6 is 0 Å². The van der Waals surface area contributed by atoms with Crippen molar-refractivity contribution in [2.45, 2.75) is 38.7 Å². The molecule has 0 bridgehead atoms. The predicted octanol–water partition coefficient (Wildman–Crippen LogP) is 3.24. The summed E-state index contributed by atoms with van der Waals surface area (Å²) in [6.07, 6.45) is 2.03. The Morgan fingerprint density at radius 3 is 2.60 bits per heavy atom. The topological polar surface area (TPSA) is 59.4 Å². The number of carboxylic acid groups (broad SMARTS) is 1. The summed E-state index contributed by atoms with van der Waals surface area (Å²) in [5.41, 5.74) is 1.57. The highest BCUT2D eigenvalue weighted by Crippen LogP contribution is 2.40. The summed E-state index contributed by atoms with van der Waals surface area (Å²) < 4.78 is 5.98. The van der Waals surface area contributed by atoms with Crippen LogP contribution in [-0.4, -0.2) is 21.7 Å². The molecule has 0 radical (unpaired) electrons. The summed E-state index contributed by atoms with van der Waals surface area (Å²) >= 11 is 0. The van der Waals surface area contributed by atoms with Gasteiger partial charge < -0.3 is 9.84 Å². The van der Waals surface area contributed by atoms with Crippen LogP contribution in [0.2, 0.25) is 0 Å². The van der Waals surface area contributed by atoms with Crippen molar-refractivity contribution in [3.8, 4) is 5.75 Å². The summed E-state index contributed by atoms with van der Waals surface area (Å²) in [5, 5.41) is 10.3. The van der Waals surface area contributed by atoms with Gasteiger partial charge in [0, 0.05) is 16.6 Å². The quantitative estimate of drug-likeness (QED) is 0.931. The zero-order chi connectivity index (χ0) is 14.3. The lowest BCUT2D eigenvalue weighted by Crippen LogP contribution is -2.50. The maximum absolute atomic E-state index is 11.5. The predicted molar refractivity (Wildman–Crippen MR) is 76.1 cm³/mol. The minimum absolute atomic E-state index is 0.567. The van der Waals surface area contributed by atoms with Gasteiger partial charge in [0.2, 0.25) is 5.60 Å². The van der Waals surface area contributed by atoms with Crippen LogP contribution in [0, 0.1) is 13.8 Å². The molecule has 3 rings (SSSR count). The molecular weight excluding hydrogens is 254 g/mol. The number of ether oxygens (including phenoxy) is 1. The summed E-state index contributed by atoms with van der Waals surface area (Å²) in [6.45, 7) is 3.85. The summed E-state index contributed by atoms with van der Waals surface area (Å²) in [4.78, 5) is 16.0. The molecule has 1 aromatic heterocycles. The Morgan fingerprint density at radius 2 is 2.00 bits per heavy atom. The first kappa shape index (κ1) is 12.9. The number of nitrogens with zero attached hydrogens (tertiary/aromatic N) is 1. The Kier molecular flexibility index (Phi) is 2.89. The number of hydrogen-bond acceptors (Lipinski definition) is 3. The van der Waals surface area contributed by atoms with Crippen molar-refractivity contribution in [3.63, 3.8) is 0 Å². The molecule has 1 aromatic carbocycles. The third-order valence-electron chi connectivity index (χ3n) is 4.17. The molecular formula is C16H17NO3. The van der Waals surface area contributed by atoms with Gasteiger partial charge in [-0.3, -0.25) is 4.98 Å². The van der Waals surface area contributed by atoms with Crippen molar-refractivity contribution in [1.29, 1.82) is 0 Å². The number of carboxylic acids is 1. The highest BCUT2D eigenvalue weighted by molar-refractivity contribution is 5.88. The van der Waals surface area contributed by atoms with Gasteiger partial charge in [0.25, 0.3) is 0 Å². The van der Waals surface area contributed by atoms with Crippen molar-refractivity contribution >= 4 is 16.9 Å². The number of para-hydroxylation sites is 1. The zero-order valence-corrected chi connectivity index (χ0v) is 11.6. The van der Waals surface area contributed by atoms with Crippen LogP contribution in [0.3, 0.4) is 0 Å². The smallest absolute Gasteiger partial charge is 0.348 e. The van der Waals surface area contributed by atoms with Gasteiger partial charge >= 0.3 is 5.97 Å². The Bertz CT molecular complexity index is 689. The molecule has 0 atom stereocenters. The molecule has 1 heterocycles. The number of carbonyl (C=O) groups is 1. The fourth-order valence-corrected chi connectivity index (χ4v) is 2.58. The van der Waals surface area contributed by atoms with E-state index in [1.165, 1.54) is 0 Å². The summed E-state index contributed by atoms with van der Waals surface area (Å²) in [7, 11) is 0. The van der Waals surface area contributed by atoms with Crippen LogP contribution in [0.1, 0.15) is 30.5 Å². The third kappa shape index (κ3) is 1.83. The Labute approximate surface area is 117 Å². The number of hydrogen-bond donors (Lipinski definition) is 1. The average Bonchev–Trinajstić information content (AvgIpc) is 2.37. The Morgan fingerprint density at radius 1 is 1.30 bits per heavy atom. The van der Waals surface area contributed by atoms with E-state index in [0.717, 1.165) is 28.6 Å². The van der Waals surface area contributed by atoms with Gasteiger partial charge in [-0.25, -0.2) is 4.79 Å². The van der Waals surface area contributed by atoms with E-state index in [0.29, 0.717) is 18.6 Å². The van der Waals surface area contributed by atoms with Gasteiger partial charge in [0.15, 0.2) is 0 Å². The number of aryl methyl sites for hydroxylation is 1. The molecule has 4 heteroatoms. The Hall–Kier alpha value is -2.10. The zero-order valence-electron chi connectivity index (χ0n) is 11.6. The van der Waals surface area contributed by atoms with E-state index < -0.39 is 11.6 Å². The second-order valence-electron chi connectivity index (χ2n) is 5.42. The molecule has 4 nitrogen and oxygen atoms in total. The van der Waals surface area contributed by atoms with Gasteiger partial charge in [0.05, 0.1) is 5.52 Å². The number of benzene rings is 1. The minimum Gasteiger partial charge on any atom is -0.478 e. The van der Waals surface area contributed by atoms with Crippen LogP contribution < -0.4 is 4.74 Å². The summed E-state index contributed by atoms with van der Waals surface area (Å²) in [5.74, 6) is -0.211. The average molecular weight is 271 g/mol. The highest BCUT2D eigenvalue weighted by Gasteiger charge is 2.47. The molecule has 0 saturated heterocycles. The molecule has 0 spiro atoms. The van der Waals surface area contributed by atoms with Crippen LogP contribution in [0.25, 0.3) is 10.9 Å². The van der Waals surface area contributed by atoms with Gasteiger partial charge in [0.1, 0.15) is 5.75 Å². The maximum Gasteiger partial charge on any atom is 0.348 e. The van der Waals surface area contributed by atoms with Crippen molar-refractivity contribution in [3.05, 3.63) is 35.5 Å².